The van der Waals surface area contributed by atoms with Crippen molar-refractivity contribution >= 4 is 15.8 Å². The fourth-order valence-electron chi connectivity index (χ4n) is 2.13. The quantitative estimate of drug-likeness (QED) is 0.781. The van der Waals surface area contributed by atoms with Gasteiger partial charge < -0.3 is 0 Å². The minimum Gasteiger partial charge on any atom is -0.295 e. The highest BCUT2D eigenvalue weighted by Gasteiger charge is 2.29. The lowest BCUT2D eigenvalue weighted by atomic mass is 10.2. The van der Waals surface area contributed by atoms with E-state index in [1.807, 2.05) is 27.7 Å². The van der Waals surface area contributed by atoms with Gasteiger partial charge in [-0.2, -0.15) is 4.31 Å². The average molecular weight is 283 g/mol. The van der Waals surface area contributed by atoms with Gasteiger partial charge in [-0.05, 0) is 46.8 Å². The third kappa shape index (κ3) is 3.42. The molecule has 0 aliphatic carbocycles. The predicted octanol–water partition coefficient (Wildman–Crippen LogP) is 2.70. The molecule has 0 amide bonds. The molecule has 0 aromatic heterocycles. The summed E-state index contributed by atoms with van der Waals surface area (Å²) in [7, 11) is -3.52. The van der Waals surface area contributed by atoms with E-state index in [9.17, 15) is 13.2 Å². The molecule has 4 nitrogen and oxygen atoms in total. The first-order chi connectivity index (χ1) is 8.67. The standard InChI is InChI=1S/C14H21NO3S/c1-10(2)15(11(3)4)19(17,18)14-8-6-13(7-9-14)12(5)16/h6-11H,1-5H3. The lowest BCUT2D eigenvalue weighted by Gasteiger charge is -2.29. The van der Waals surface area contributed by atoms with E-state index in [1.165, 1.54) is 23.4 Å². The number of nitrogens with zero attached hydrogens (tertiary/aromatic N) is 1. The maximum absolute atomic E-state index is 12.5. The van der Waals surface area contributed by atoms with Crippen LogP contribution in [0.25, 0.3) is 0 Å². The summed E-state index contributed by atoms with van der Waals surface area (Å²) in [5.74, 6) is -0.0754. The number of hydrogen-bond acceptors (Lipinski definition) is 3. The third-order valence-corrected chi connectivity index (χ3v) is 5.12. The van der Waals surface area contributed by atoms with Gasteiger partial charge in [-0.15, -0.1) is 0 Å². The molecule has 0 heterocycles. The summed E-state index contributed by atoms with van der Waals surface area (Å²) < 4.78 is 26.5. The minimum absolute atomic E-state index is 0.0754. The number of benzene rings is 1. The van der Waals surface area contributed by atoms with Gasteiger partial charge in [0, 0.05) is 17.6 Å². The van der Waals surface area contributed by atoms with Crippen LogP contribution in [0.2, 0.25) is 0 Å². The van der Waals surface area contributed by atoms with E-state index < -0.39 is 10.0 Å². The molecule has 0 radical (unpaired) electrons. The molecule has 1 aromatic rings. The number of carbonyl (C=O) groups excluding carboxylic acids is 1. The average Bonchev–Trinajstić information content (AvgIpc) is 2.27. The van der Waals surface area contributed by atoms with Crippen LogP contribution in [0, 0.1) is 0 Å². The number of hydrogen-bond donors (Lipinski definition) is 0. The molecule has 0 atom stereocenters. The molecule has 106 valence electrons. The molecule has 0 aliphatic heterocycles. The van der Waals surface area contributed by atoms with Gasteiger partial charge in [-0.25, -0.2) is 8.42 Å². The van der Waals surface area contributed by atoms with Crippen molar-refractivity contribution < 1.29 is 13.2 Å². The van der Waals surface area contributed by atoms with Crippen LogP contribution in [0.4, 0.5) is 0 Å². The zero-order valence-corrected chi connectivity index (χ0v) is 12.9. The zero-order chi connectivity index (χ0) is 14.8. The summed E-state index contributed by atoms with van der Waals surface area (Å²) in [6.45, 7) is 8.85. The van der Waals surface area contributed by atoms with Gasteiger partial charge >= 0.3 is 0 Å². The van der Waals surface area contributed by atoms with Gasteiger partial charge in [-0.3, -0.25) is 4.79 Å². The summed E-state index contributed by atoms with van der Waals surface area (Å²) in [4.78, 5) is 11.4. The summed E-state index contributed by atoms with van der Waals surface area (Å²) in [5.41, 5.74) is 0.514. The first-order valence-electron chi connectivity index (χ1n) is 6.32. The molecule has 0 saturated carbocycles. The Kier molecular flexibility index (Phi) is 4.87. The molecular formula is C14H21NO3S. The molecule has 0 bridgehead atoms. The van der Waals surface area contributed by atoms with Crippen LogP contribution in [0.3, 0.4) is 0 Å². The highest BCUT2D eigenvalue weighted by Crippen LogP contribution is 2.21. The van der Waals surface area contributed by atoms with Gasteiger partial charge in [-0.1, -0.05) is 12.1 Å². The Morgan fingerprint density at radius 3 is 1.74 bits per heavy atom. The smallest absolute Gasteiger partial charge is 0.243 e. The predicted molar refractivity (Wildman–Crippen MR) is 75.7 cm³/mol. The fourth-order valence-corrected chi connectivity index (χ4v) is 3.97. The van der Waals surface area contributed by atoms with E-state index in [2.05, 4.69) is 0 Å². The molecule has 1 rings (SSSR count). The van der Waals surface area contributed by atoms with E-state index >= 15 is 0 Å². The summed E-state index contributed by atoms with van der Waals surface area (Å²) >= 11 is 0. The highest BCUT2D eigenvalue weighted by atomic mass is 32.2. The Bertz CT molecular complexity index is 537. The molecule has 0 saturated heterocycles. The van der Waals surface area contributed by atoms with E-state index in [0.29, 0.717) is 5.56 Å². The van der Waals surface area contributed by atoms with Crippen LogP contribution in [0.5, 0.6) is 0 Å². The maximum atomic E-state index is 12.5. The van der Waals surface area contributed by atoms with Crippen LogP contribution >= 0.6 is 0 Å². The van der Waals surface area contributed by atoms with Crippen molar-refractivity contribution in [1.82, 2.24) is 4.31 Å². The molecule has 0 aliphatic rings. The molecule has 0 unspecified atom stereocenters. The van der Waals surface area contributed by atoms with Crippen LogP contribution in [-0.2, 0) is 10.0 Å². The number of sulfonamides is 1. The third-order valence-electron chi connectivity index (χ3n) is 2.85. The monoisotopic (exact) mass is 283 g/mol. The summed E-state index contributed by atoms with van der Waals surface area (Å²) in [5, 5.41) is 0. The summed E-state index contributed by atoms with van der Waals surface area (Å²) in [6.07, 6.45) is 0. The Morgan fingerprint density at radius 2 is 1.42 bits per heavy atom. The minimum atomic E-state index is -3.52. The molecular weight excluding hydrogens is 262 g/mol. The van der Waals surface area contributed by atoms with E-state index in [4.69, 9.17) is 0 Å². The Labute approximate surface area is 115 Å². The van der Waals surface area contributed by atoms with E-state index in [0.717, 1.165) is 0 Å². The van der Waals surface area contributed by atoms with Crippen LogP contribution in [-0.4, -0.2) is 30.6 Å². The highest BCUT2D eigenvalue weighted by molar-refractivity contribution is 7.89. The number of Topliss-reactive ketones (excluding diaryl/α,β-unsaturated/α-hetero) is 1. The van der Waals surface area contributed by atoms with Crippen LogP contribution in [0.1, 0.15) is 45.0 Å². The maximum Gasteiger partial charge on any atom is 0.243 e. The summed E-state index contributed by atoms with van der Waals surface area (Å²) in [6, 6.07) is 5.85. The Balaban J connectivity index is 3.22. The largest absolute Gasteiger partial charge is 0.295 e. The van der Waals surface area contributed by atoms with Crippen molar-refractivity contribution in [3.05, 3.63) is 29.8 Å². The normalized spacial score (nSPS) is 12.4. The molecule has 0 N–H and O–H groups in total. The second-order valence-corrected chi connectivity index (χ2v) is 6.95. The topological polar surface area (TPSA) is 54.5 Å². The van der Waals surface area contributed by atoms with Gasteiger partial charge in [0.05, 0.1) is 4.90 Å². The number of ketones is 1. The van der Waals surface area contributed by atoms with Crippen molar-refractivity contribution in [3.8, 4) is 0 Å². The Morgan fingerprint density at radius 1 is 1.00 bits per heavy atom. The molecule has 19 heavy (non-hydrogen) atoms. The van der Waals surface area contributed by atoms with Crippen LogP contribution in [0.15, 0.2) is 29.2 Å². The first-order valence-corrected chi connectivity index (χ1v) is 7.76. The number of rotatable bonds is 5. The lowest BCUT2D eigenvalue weighted by Crippen LogP contribution is -2.41. The molecule has 5 heteroatoms. The van der Waals surface area contributed by atoms with Crippen molar-refractivity contribution in [3.63, 3.8) is 0 Å². The lowest BCUT2D eigenvalue weighted by molar-refractivity contribution is 0.101. The second kappa shape index (κ2) is 5.84. The van der Waals surface area contributed by atoms with Crippen molar-refractivity contribution in [1.29, 1.82) is 0 Å². The van der Waals surface area contributed by atoms with E-state index in [1.54, 1.807) is 12.1 Å². The SMILES string of the molecule is CC(=O)c1ccc(S(=O)(=O)N(C(C)C)C(C)C)cc1. The second-order valence-electron chi connectivity index (χ2n) is 5.10. The molecule has 0 fully saturated rings. The van der Waals surface area contributed by atoms with Gasteiger partial charge in [0.25, 0.3) is 0 Å². The Hall–Kier alpha value is -1.20. The van der Waals surface area contributed by atoms with Gasteiger partial charge in [0.2, 0.25) is 10.0 Å². The molecule has 1 aromatic carbocycles. The first kappa shape index (κ1) is 15.9. The van der Waals surface area contributed by atoms with Gasteiger partial charge in [0.15, 0.2) is 5.78 Å². The zero-order valence-electron chi connectivity index (χ0n) is 12.0. The molecule has 0 spiro atoms. The van der Waals surface area contributed by atoms with E-state index in [-0.39, 0.29) is 22.8 Å². The van der Waals surface area contributed by atoms with Gasteiger partial charge in [0.1, 0.15) is 0 Å². The van der Waals surface area contributed by atoms with Crippen LogP contribution < -0.4 is 0 Å². The van der Waals surface area contributed by atoms with Crippen molar-refractivity contribution in [2.24, 2.45) is 0 Å². The van der Waals surface area contributed by atoms with Crippen molar-refractivity contribution in [2.45, 2.75) is 51.6 Å². The fraction of sp³-hybridized carbons (Fsp3) is 0.500. The number of carbonyl (C=O) groups is 1. The van der Waals surface area contributed by atoms with Crippen molar-refractivity contribution in [2.75, 3.05) is 0 Å².